The Hall–Kier alpha value is -7.81. The van der Waals surface area contributed by atoms with Gasteiger partial charge in [0.15, 0.2) is 0 Å². The van der Waals surface area contributed by atoms with Crippen LogP contribution in [0.2, 0.25) is 0 Å². The molecule has 68 heavy (non-hydrogen) atoms. The number of hydrogen-bond acceptors (Lipinski definition) is 3. The van der Waals surface area contributed by atoms with Crippen molar-refractivity contribution >= 4 is 43.5 Å². The maximum absolute atomic E-state index is 4.42. The van der Waals surface area contributed by atoms with Crippen LogP contribution in [0.5, 0.6) is 0 Å². The third kappa shape index (κ3) is 6.27. The summed E-state index contributed by atoms with van der Waals surface area (Å²) >= 11 is 0. The highest BCUT2D eigenvalue weighted by Crippen LogP contribution is 2.63. The normalized spacial score (nSPS) is 13.8. The van der Waals surface area contributed by atoms with Crippen molar-refractivity contribution in [1.29, 1.82) is 0 Å². The molecule has 1 atom stereocenters. The molecule has 0 radical (unpaired) electrons. The lowest BCUT2D eigenvalue weighted by Gasteiger charge is -2.45. The van der Waals surface area contributed by atoms with E-state index in [1.165, 1.54) is 89.3 Å². The molecule has 10 aromatic carbocycles. The number of benzene rings is 10. The van der Waals surface area contributed by atoms with Gasteiger partial charge in [0, 0.05) is 28.2 Å². The van der Waals surface area contributed by atoms with Crippen LogP contribution >= 0.6 is 9.39 Å². The summed E-state index contributed by atoms with van der Waals surface area (Å²) in [4.78, 5) is 4.86. The van der Waals surface area contributed by atoms with Gasteiger partial charge in [-0.1, -0.05) is 199 Å². The minimum Gasteiger partial charge on any atom is -0.314 e. The fraction of sp³-hybridized carbons (Fsp3) is 0.0625. The molecule has 0 bridgehead atoms. The molecule has 1 aliphatic heterocycles. The van der Waals surface area contributed by atoms with E-state index >= 15 is 0 Å². The third-order valence-electron chi connectivity index (χ3n) is 14.7. The van der Waals surface area contributed by atoms with E-state index in [1.807, 2.05) is 9.39 Å². The molecule has 13 rings (SSSR count). The van der Waals surface area contributed by atoms with Crippen LogP contribution in [0.3, 0.4) is 0 Å². The van der Waals surface area contributed by atoms with Crippen LogP contribution in [0, 0.1) is 0 Å². The molecule has 0 saturated heterocycles. The molecule has 1 heterocycles. The van der Waals surface area contributed by atoms with Crippen LogP contribution in [-0.4, -0.2) is 0 Å². The van der Waals surface area contributed by atoms with E-state index in [1.54, 1.807) is 0 Å². The van der Waals surface area contributed by atoms with E-state index < -0.39 is 5.41 Å². The van der Waals surface area contributed by atoms with Gasteiger partial charge in [0.25, 0.3) is 0 Å². The van der Waals surface area contributed by atoms with Crippen molar-refractivity contribution in [1.82, 2.24) is 0 Å². The van der Waals surface area contributed by atoms with Crippen molar-refractivity contribution in [2.24, 2.45) is 5.50 Å². The summed E-state index contributed by atoms with van der Waals surface area (Å²) in [5.74, 6) is 0. The third-order valence-corrected chi connectivity index (χ3v) is 14.7. The molecular weight excluding hydrogens is 842 g/mol. The monoisotopic (exact) mass is 891 g/mol. The Morgan fingerprint density at radius 3 is 1.37 bits per heavy atom. The molecule has 3 nitrogen and oxygen atoms in total. The SMILES string of the molecule is CC1(C)c2ccccc2-c2ccc(N(c3ccc(-c4ccccc4)cc3)c3ccc(-c4ccc5c(c4)C4(c6ccccc6-5)c5ccccc5N(c5ccccc5)c5ccccc54)cc3)cc21.NP. The Kier molecular flexibility index (Phi) is 10.1. The lowest BCUT2D eigenvalue weighted by molar-refractivity contribution is 0.660. The van der Waals surface area contributed by atoms with E-state index in [2.05, 4.69) is 272 Å². The van der Waals surface area contributed by atoms with Gasteiger partial charge in [-0.3, -0.25) is 0 Å². The first-order chi connectivity index (χ1) is 33.5. The Labute approximate surface area is 402 Å². The maximum atomic E-state index is 4.42. The molecule has 326 valence electrons. The molecule has 0 saturated carbocycles. The van der Waals surface area contributed by atoms with Crippen molar-refractivity contribution in [3.63, 3.8) is 0 Å². The molecule has 0 amide bonds. The topological polar surface area (TPSA) is 32.5 Å². The van der Waals surface area contributed by atoms with Gasteiger partial charge in [0.1, 0.15) is 0 Å². The van der Waals surface area contributed by atoms with E-state index in [-0.39, 0.29) is 5.41 Å². The number of fused-ring (bicyclic) bond motifs is 12. The largest absolute Gasteiger partial charge is 0.314 e. The van der Waals surface area contributed by atoms with Gasteiger partial charge >= 0.3 is 0 Å². The zero-order valence-electron chi connectivity index (χ0n) is 38.1. The summed E-state index contributed by atoms with van der Waals surface area (Å²) in [5, 5.41) is 0. The first-order valence-electron chi connectivity index (χ1n) is 23.4. The van der Waals surface area contributed by atoms with Crippen LogP contribution in [-0.2, 0) is 10.8 Å². The van der Waals surface area contributed by atoms with Gasteiger partial charge in [-0.15, -0.1) is 0 Å². The van der Waals surface area contributed by atoms with E-state index in [0.29, 0.717) is 0 Å². The van der Waals surface area contributed by atoms with Crippen molar-refractivity contribution in [3.8, 4) is 44.5 Å². The Morgan fingerprint density at radius 1 is 0.338 bits per heavy atom. The number of nitrogens with zero attached hydrogens (tertiary/aromatic N) is 2. The van der Waals surface area contributed by atoms with Crippen molar-refractivity contribution in [2.45, 2.75) is 24.7 Å². The van der Waals surface area contributed by atoms with Gasteiger partial charge < -0.3 is 15.3 Å². The van der Waals surface area contributed by atoms with Crippen LogP contribution in [0.25, 0.3) is 44.5 Å². The van der Waals surface area contributed by atoms with E-state index in [0.717, 1.165) is 22.7 Å². The van der Waals surface area contributed by atoms with E-state index in [4.69, 9.17) is 0 Å². The quantitative estimate of drug-likeness (QED) is 0.169. The first kappa shape index (κ1) is 41.6. The smallest absolute Gasteiger partial charge is 0.0754 e. The van der Waals surface area contributed by atoms with Crippen molar-refractivity contribution in [3.05, 3.63) is 276 Å². The molecule has 2 N–H and O–H groups in total. The number of hydrogen-bond donors (Lipinski definition) is 1. The lowest BCUT2D eigenvalue weighted by atomic mass is 9.64. The Bertz CT molecular complexity index is 3460. The maximum Gasteiger partial charge on any atom is 0.0754 e. The molecule has 10 aromatic rings. The minimum absolute atomic E-state index is 0.113. The summed E-state index contributed by atoms with van der Waals surface area (Å²) in [7, 11) is 1.92. The van der Waals surface area contributed by atoms with Gasteiger partial charge in [-0.05, 0) is 145 Å². The molecule has 3 aliphatic rings. The summed E-state index contributed by atoms with van der Waals surface area (Å²) in [6, 6.07) is 89.9. The molecule has 1 unspecified atom stereocenters. The Morgan fingerprint density at radius 2 is 0.750 bits per heavy atom. The fourth-order valence-electron chi connectivity index (χ4n) is 11.7. The summed E-state index contributed by atoms with van der Waals surface area (Å²) in [6.45, 7) is 4.72. The molecule has 0 aromatic heterocycles. The predicted molar refractivity (Wildman–Crippen MR) is 289 cm³/mol. The van der Waals surface area contributed by atoms with Gasteiger partial charge in [0.2, 0.25) is 0 Å². The summed E-state index contributed by atoms with van der Waals surface area (Å²) < 4.78 is 0. The number of nitrogens with two attached hydrogens (primary N) is 1. The fourth-order valence-corrected chi connectivity index (χ4v) is 11.7. The second-order valence-corrected chi connectivity index (χ2v) is 18.5. The van der Waals surface area contributed by atoms with Gasteiger partial charge in [0.05, 0.1) is 16.8 Å². The van der Waals surface area contributed by atoms with Crippen LogP contribution < -0.4 is 15.3 Å². The summed E-state index contributed by atoms with van der Waals surface area (Å²) in [6.07, 6.45) is 0. The average Bonchev–Trinajstić information content (AvgIpc) is 3.82. The van der Waals surface area contributed by atoms with Gasteiger partial charge in [-0.25, -0.2) is 0 Å². The molecule has 2 aliphatic carbocycles. The van der Waals surface area contributed by atoms with Gasteiger partial charge in [-0.2, -0.15) is 0 Å². The van der Waals surface area contributed by atoms with Crippen LogP contribution in [0.1, 0.15) is 47.2 Å². The first-order valence-corrected chi connectivity index (χ1v) is 24.1. The number of anilines is 6. The highest BCUT2D eigenvalue weighted by Gasteiger charge is 2.51. The zero-order valence-corrected chi connectivity index (χ0v) is 39.3. The zero-order chi connectivity index (χ0) is 46.0. The molecule has 4 heteroatoms. The van der Waals surface area contributed by atoms with Crippen molar-refractivity contribution < 1.29 is 0 Å². The standard InChI is InChI=1S/C64H46N2.H4NP/c1-63(2)55-23-11-9-21-51(55)53-40-38-50(42-59(53)63)65(48-34-29-44(30-35-48)43-17-5-3-6-18-43)49-36-31-45(32-37-49)46-33-39-54-52-22-10-12-24-56(52)64(60(54)41-46)57-25-13-15-27-61(57)66(47-19-7-4-8-20-47)62-28-16-14-26-58(62)64;1-2/h3-42H,1-2H3;1-2H2. The molecular formula is C64H50N3P. The average molecular weight is 892 g/mol. The van der Waals surface area contributed by atoms with Crippen molar-refractivity contribution in [2.75, 3.05) is 9.80 Å². The van der Waals surface area contributed by atoms with E-state index in [9.17, 15) is 0 Å². The van der Waals surface area contributed by atoms with Crippen LogP contribution in [0.15, 0.2) is 243 Å². The number of rotatable bonds is 6. The lowest BCUT2D eigenvalue weighted by Crippen LogP contribution is -2.36. The Balaban J connectivity index is 0.00000237. The predicted octanol–water partition coefficient (Wildman–Crippen LogP) is 16.7. The second kappa shape index (κ2) is 16.5. The summed E-state index contributed by atoms with van der Waals surface area (Å²) in [5.41, 5.74) is 28.7. The van der Waals surface area contributed by atoms with Crippen LogP contribution in [0.4, 0.5) is 34.1 Å². The number of para-hydroxylation sites is 3. The molecule has 1 spiro atoms. The highest BCUT2D eigenvalue weighted by atomic mass is 31.0. The minimum atomic E-state index is -0.510. The second-order valence-electron chi connectivity index (χ2n) is 18.5. The molecule has 0 fully saturated rings. The highest BCUT2D eigenvalue weighted by molar-refractivity contribution is 7.13.